The Morgan fingerprint density at radius 1 is 1.13 bits per heavy atom. The van der Waals surface area contributed by atoms with Gasteiger partial charge >= 0.3 is 0 Å². The third kappa shape index (κ3) is 3.35. The number of amides is 1. The van der Waals surface area contributed by atoms with Crippen molar-refractivity contribution in [2.24, 2.45) is 0 Å². The average Bonchev–Trinajstić information content (AvgIpc) is 2.74. The molecule has 2 heterocycles. The number of carbonyl (C=O) groups is 1. The summed E-state index contributed by atoms with van der Waals surface area (Å²) in [6.45, 7) is 0. The molecule has 0 radical (unpaired) electrons. The number of methoxy groups -OCH3 is 1. The first-order valence-corrected chi connectivity index (χ1v) is 8.93. The fourth-order valence-corrected chi connectivity index (χ4v) is 3.16. The first kappa shape index (κ1) is 19.1. The lowest BCUT2D eigenvalue weighted by molar-refractivity contribution is 0.102. The highest BCUT2D eigenvalue weighted by molar-refractivity contribution is 6.09. The van der Waals surface area contributed by atoms with Gasteiger partial charge in [-0.05, 0) is 42.5 Å². The molecule has 0 aliphatic heterocycles. The maximum Gasteiger partial charge on any atom is 0.273 e. The molecular weight excluding hydrogens is 389 g/mol. The van der Waals surface area contributed by atoms with Gasteiger partial charge in [0.05, 0.1) is 18.2 Å². The third-order valence-corrected chi connectivity index (χ3v) is 4.53. The molecule has 2 aromatic carbocycles. The van der Waals surface area contributed by atoms with Crippen LogP contribution in [0.15, 0.2) is 71.7 Å². The fraction of sp³-hybridized carbons (Fsp3) is 0.0455. The van der Waals surface area contributed by atoms with Crippen molar-refractivity contribution in [3.8, 4) is 17.2 Å². The summed E-state index contributed by atoms with van der Waals surface area (Å²) in [6, 6.07) is 15.0. The van der Waals surface area contributed by atoms with Gasteiger partial charge < -0.3 is 15.2 Å². The van der Waals surface area contributed by atoms with Crippen LogP contribution in [0.25, 0.3) is 16.7 Å². The van der Waals surface area contributed by atoms with Crippen LogP contribution in [0.5, 0.6) is 11.5 Å². The number of hydrogen-bond donors (Lipinski definition) is 2. The van der Waals surface area contributed by atoms with Crippen LogP contribution in [0.3, 0.4) is 0 Å². The number of carbonyl (C=O) groups excluding carboxylic acids is 1. The standard InChI is InChI=1S/C22H16FN3O4/c1-30-16-8-3-7-15(12-16)26-20-17(9-4-10-24-20)19(27)18(22(26)29)21(28)25-14-6-2-5-13(23)11-14/h2-12,27H,1H3,(H,25,28). The number of aromatic nitrogens is 2. The van der Waals surface area contributed by atoms with Crippen molar-refractivity contribution >= 4 is 22.6 Å². The lowest BCUT2D eigenvalue weighted by Gasteiger charge is -2.15. The summed E-state index contributed by atoms with van der Waals surface area (Å²) in [7, 11) is 1.49. The van der Waals surface area contributed by atoms with Crippen molar-refractivity contribution in [1.29, 1.82) is 0 Å². The zero-order valence-corrected chi connectivity index (χ0v) is 15.8. The molecule has 0 spiro atoms. The van der Waals surface area contributed by atoms with Crippen LogP contribution >= 0.6 is 0 Å². The van der Waals surface area contributed by atoms with E-state index in [0.717, 1.165) is 6.07 Å². The minimum atomic E-state index is -0.870. The van der Waals surface area contributed by atoms with Crippen LogP contribution in [0, 0.1) is 5.82 Å². The Hall–Kier alpha value is -4.20. The Morgan fingerprint density at radius 3 is 2.70 bits per heavy atom. The molecule has 30 heavy (non-hydrogen) atoms. The molecule has 0 saturated heterocycles. The second-order valence-electron chi connectivity index (χ2n) is 6.40. The van der Waals surface area contributed by atoms with Crippen molar-refractivity contribution in [3.63, 3.8) is 0 Å². The second kappa shape index (κ2) is 7.67. The monoisotopic (exact) mass is 405 g/mol. The van der Waals surface area contributed by atoms with Crippen LogP contribution in [-0.2, 0) is 0 Å². The molecule has 1 amide bonds. The average molecular weight is 405 g/mol. The van der Waals surface area contributed by atoms with Crippen molar-refractivity contribution < 1.29 is 19.0 Å². The molecule has 2 aromatic heterocycles. The van der Waals surface area contributed by atoms with E-state index in [9.17, 15) is 19.1 Å². The highest BCUT2D eigenvalue weighted by atomic mass is 19.1. The number of benzene rings is 2. The molecule has 8 heteroatoms. The van der Waals surface area contributed by atoms with Crippen LogP contribution in [0.4, 0.5) is 10.1 Å². The van der Waals surface area contributed by atoms with Gasteiger partial charge in [0.25, 0.3) is 11.5 Å². The van der Waals surface area contributed by atoms with Crippen LogP contribution in [-0.4, -0.2) is 27.7 Å². The topological polar surface area (TPSA) is 93.5 Å². The summed E-state index contributed by atoms with van der Waals surface area (Å²) in [5.74, 6) is -1.42. The van der Waals surface area contributed by atoms with Crippen molar-refractivity contribution in [2.45, 2.75) is 0 Å². The number of nitrogens with zero attached hydrogens (tertiary/aromatic N) is 2. The molecule has 0 fully saturated rings. The number of hydrogen-bond acceptors (Lipinski definition) is 5. The number of nitrogens with one attached hydrogen (secondary N) is 1. The largest absolute Gasteiger partial charge is 0.506 e. The van der Waals surface area contributed by atoms with Gasteiger partial charge in [-0.2, -0.15) is 0 Å². The summed E-state index contributed by atoms with van der Waals surface area (Å²) in [4.78, 5) is 30.4. The van der Waals surface area contributed by atoms with Crippen LogP contribution < -0.4 is 15.6 Å². The number of anilines is 1. The maximum atomic E-state index is 13.5. The van der Waals surface area contributed by atoms with Crippen molar-refractivity contribution in [3.05, 3.63) is 88.6 Å². The maximum absolute atomic E-state index is 13.5. The number of aromatic hydroxyl groups is 1. The number of halogens is 1. The van der Waals surface area contributed by atoms with E-state index >= 15 is 0 Å². The van der Waals surface area contributed by atoms with E-state index in [2.05, 4.69) is 10.3 Å². The lowest BCUT2D eigenvalue weighted by Crippen LogP contribution is -2.29. The second-order valence-corrected chi connectivity index (χ2v) is 6.40. The Kier molecular flexibility index (Phi) is 4.89. The molecule has 0 aliphatic carbocycles. The van der Waals surface area contributed by atoms with Crippen molar-refractivity contribution in [2.75, 3.05) is 12.4 Å². The Bertz CT molecular complexity index is 1330. The number of fused-ring (bicyclic) bond motifs is 1. The van der Waals surface area contributed by atoms with E-state index in [4.69, 9.17) is 4.74 Å². The zero-order valence-electron chi connectivity index (χ0n) is 15.8. The minimum absolute atomic E-state index is 0.151. The minimum Gasteiger partial charge on any atom is -0.506 e. The van der Waals surface area contributed by atoms with Crippen molar-refractivity contribution in [1.82, 2.24) is 9.55 Å². The van der Waals surface area contributed by atoms with Gasteiger partial charge in [0.15, 0.2) is 5.65 Å². The zero-order chi connectivity index (χ0) is 21.3. The van der Waals surface area contributed by atoms with Gasteiger partial charge in [0.2, 0.25) is 0 Å². The summed E-state index contributed by atoms with van der Waals surface area (Å²) >= 11 is 0. The molecule has 7 nitrogen and oxygen atoms in total. The molecule has 2 N–H and O–H groups in total. The molecular formula is C22H16FN3O4. The van der Waals surface area contributed by atoms with E-state index in [0.29, 0.717) is 11.4 Å². The van der Waals surface area contributed by atoms with E-state index in [-0.39, 0.29) is 16.7 Å². The normalized spacial score (nSPS) is 10.7. The Labute approximate surface area is 170 Å². The summed E-state index contributed by atoms with van der Waals surface area (Å²) in [5.41, 5.74) is -0.528. The van der Waals surface area contributed by atoms with Gasteiger partial charge in [-0.15, -0.1) is 0 Å². The van der Waals surface area contributed by atoms with Crippen LogP contribution in [0.1, 0.15) is 10.4 Å². The Balaban J connectivity index is 1.94. The predicted molar refractivity (Wildman–Crippen MR) is 110 cm³/mol. The number of pyridine rings is 2. The van der Waals surface area contributed by atoms with Gasteiger partial charge in [-0.3, -0.25) is 14.2 Å². The molecule has 0 aliphatic rings. The smallest absolute Gasteiger partial charge is 0.273 e. The van der Waals surface area contributed by atoms with Gasteiger partial charge in [-0.1, -0.05) is 12.1 Å². The van der Waals surface area contributed by atoms with Gasteiger partial charge in [0, 0.05) is 18.0 Å². The number of rotatable bonds is 4. The quantitative estimate of drug-likeness (QED) is 0.542. The van der Waals surface area contributed by atoms with Gasteiger partial charge in [-0.25, -0.2) is 9.37 Å². The fourth-order valence-electron chi connectivity index (χ4n) is 3.16. The molecule has 0 bridgehead atoms. The molecule has 4 aromatic rings. The number of ether oxygens (including phenoxy) is 1. The summed E-state index contributed by atoms with van der Waals surface area (Å²) in [6.07, 6.45) is 1.48. The molecule has 0 unspecified atom stereocenters. The molecule has 4 rings (SSSR count). The summed E-state index contributed by atoms with van der Waals surface area (Å²) in [5, 5.41) is 13.4. The van der Waals surface area contributed by atoms with E-state index in [1.165, 1.54) is 36.1 Å². The first-order chi connectivity index (χ1) is 14.5. The molecule has 0 saturated carbocycles. The van der Waals surface area contributed by atoms with Gasteiger partial charge in [0.1, 0.15) is 22.9 Å². The highest BCUT2D eigenvalue weighted by Crippen LogP contribution is 2.28. The third-order valence-electron chi connectivity index (χ3n) is 4.53. The van der Waals surface area contributed by atoms with E-state index in [1.807, 2.05) is 0 Å². The molecule has 150 valence electrons. The first-order valence-electron chi connectivity index (χ1n) is 8.93. The Morgan fingerprint density at radius 2 is 1.93 bits per heavy atom. The predicted octanol–water partition coefficient (Wildman–Crippen LogP) is 3.49. The highest BCUT2D eigenvalue weighted by Gasteiger charge is 2.24. The van der Waals surface area contributed by atoms with Crippen LogP contribution in [0.2, 0.25) is 0 Å². The van der Waals surface area contributed by atoms with E-state index < -0.39 is 28.6 Å². The molecule has 0 atom stereocenters. The SMILES string of the molecule is COc1cccc(-n2c(=O)c(C(=O)Nc3cccc(F)c3)c(O)c3cccnc32)c1. The lowest BCUT2D eigenvalue weighted by atomic mass is 10.1. The van der Waals surface area contributed by atoms with E-state index in [1.54, 1.807) is 36.4 Å². The summed E-state index contributed by atoms with van der Waals surface area (Å²) < 4.78 is 19.9.